The number of carbonyl (C=O) groups is 1. The smallest absolute Gasteiger partial charge is 0.335 e. The van der Waals surface area contributed by atoms with Crippen LogP contribution in [-0.4, -0.2) is 21.0 Å². The van der Waals surface area contributed by atoms with Crippen LogP contribution in [0, 0.1) is 13.8 Å². The lowest BCUT2D eigenvalue weighted by Crippen LogP contribution is -2.01. The molecule has 0 saturated heterocycles. The number of aromatic nitrogens is 2. The lowest BCUT2D eigenvalue weighted by molar-refractivity contribution is 0.0696. The molecule has 2 aromatic rings. The quantitative estimate of drug-likeness (QED) is 0.874. The van der Waals surface area contributed by atoms with Gasteiger partial charge in [0, 0.05) is 16.8 Å². The van der Waals surface area contributed by atoms with Gasteiger partial charge in [0.05, 0.1) is 5.56 Å². The number of carboxylic acid groups (broad SMARTS) is 1. The molecule has 0 aliphatic heterocycles. The van der Waals surface area contributed by atoms with Crippen molar-refractivity contribution in [3.05, 3.63) is 34.5 Å². The number of nitrogens with zero attached hydrogens (tertiary/aromatic N) is 2. The predicted octanol–water partition coefficient (Wildman–Crippen LogP) is 2.60. The molecule has 0 aromatic carbocycles. The van der Waals surface area contributed by atoms with E-state index in [-0.39, 0.29) is 5.56 Å². The second kappa shape index (κ2) is 4.50. The third kappa shape index (κ3) is 2.79. The van der Waals surface area contributed by atoms with E-state index in [0.717, 1.165) is 4.88 Å². The number of rotatable bonds is 3. The summed E-state index contributed by atoms with van der Waals surface area (Å²) in [5.41, 5.74) is 0.869. The number of carboxylic acids is 1. The van der Waals surface area contributed by atoms with Crippen LogP contribution in [0.15, 0.2) is 18.3 Å². The van der Waals surface area contributed by atoms with Gasteiger partial charge in [-0.3, -0.25) is 0 Å². The first-order valence-electron chi connectivity index (χ1n) is 4.96. The van der Waals surface area contributed by atoms with Crippen LogP contribution in [0.5, 0.6) is 0 Å². The van der Waals surface area contributed by atoms with Crippen LogP contribution in [0.4, 0.5) is 10.9 Å². The van der Waals surface area contributed by atoms with E-state index in [1.165, 1.54) is 23.5 Å². The Bertz CT molecular complexity index is 566. The molecule has 0 amide bonds. The Labute approximate surface area is 102 Å². The molecule has 0 unspecified atom stereocenters. The van der Waals surface area contributed by atoms with E-state index >= 15 is 0 Å². The molecule has 0 bridgehead atoms. The highest BCUT2D eigenvalue weighted by Crippen LogP contribution is 2.21. The van der Waals surface area contributed by atoms with Gasteiger partial charge in [-0.15, -0.1) is 11.3 Å². The minimum absolute atomic E-state index is 0.216. The highest BCUT2D eigenvalue weighted by atomic mass is 32.1. The fourth-order valence-corrected chi connectivity index (χ4v) is 2.05. The maximum absolute atomic E-state index is 10.9. The summed E-state index contributed by atoms with van der Waals surface area (Å²) >= 11 is 1.49. The van der Waals surface area contributed by atoms with Crippen molar-refractivity contribution < 1.29 is 9.90 Å². The van der Waals surface area contributed by atoms with E-state index in [4.69, 9.17) is 5.11 Å². The molecule has 0 aliphatic rings. The number of hydrogen-bond donors (Lipinski definition) is 2. The molecule has 17 heavy (non-hydrogen) atoms. The zero-order valence-electron chi connectivity index (χ0n) is 9.39. The van der Waals surface area contributed by atoms with Crippen molar-refractivity contribution in [2.24, 2.45) is 0 Å². The lowest BCUT2D eigenvalue weighted by Gasteiger charge is -2.04. The van der Waals surface area contributed by atoms with Crippen LogP contribution in [-0.2, 0) is 0 Å². The summed E-state index contributed by atoms with van der Waals surface area (Å²) in [6, 6.07) is 3.02. The van der Waals surface area contributed by atoms with Crippen LogP contribution in [0.25, 0.3) is 0 Å². The van der Waals surface area contributed by atoms with Crippen molar-refractivity contribution in [3.8, 4) is 0 Å². The van der Waals surface area contributed by atoms with Crippen LogP contribution in [0.2, 0.25) is 0 Å². The summed E-state index contributed by atoms with van der Waals surface area (Å²) in [5, 5.41) is 12.6. The molecule has 88 valence electrons. The Hall–Kier alpha value is -1.95. The zero-order valence-corrected chi connectivity index (χ0v) is 10.2. The van der Waals surface area contributed by atoms with Crippen LogP contribution in [0.3, 0.4) is 0 Å². The third-order valence-corrected chi connectivity index (χ3v) is 2.88. The van der Waals surface area contributed by atoms with Crippen molar-refractivity contribution in [1.82, 2.24) is 9.97 Å². The summed E-state index contributed by atoms with van der Waals surface area (Å²) in [5.74, 6) is -0.467. The molecule has 6 heteroatoms. The van der Waals surface area contributed by atoms with E-state index < -0.39 is 5.97 Å². The maximum atomic E-state index is 10.9. The lowest BCUT2D eigenvalue weighted by atomic mass is 10.2. The van der Waals surface area contributed by atoms with Gasteiger partial charge in [0.25, 0.3) is 0 Å². The molecule has 2 rings (SSSR count). The van der Waals surface area contributed by atoms with Gasteiger partial charge in [-0.25, -0.2) is 14.8 Å². The molecule has 0 atom stereocenters. The molecule has 2 aromatic heterocycles. The first-order valence-corrected chi connectivity index (χ1v) is 5.77. The molecular weight excluding hydrogens is 238 g/mol. The van der Waals surface area contributed by atoms with Gasteiger partial charge >= 0.3 is 5.97 Å². The highest BCUT2D eigenvalue weighted by molar-refractivity contribution is 7.15. The van der Waals surface area contributed by atoms with Gasteiger partial charge in [0.15, 0.2) is 5.13 Å². The van der Waals surface area contributed by atoms with E-state index in [9.17, 15) is 4.79 Å². The molecular formula is C11H11N3O2S. The summed E-state index contributed by atoms with van der Waals surface area (Å²) in [4.78, 5) is 20.3. The van der Waals surface area contributed by atoms with Gasteiger partial charge in [0.1, 0.15) is 5.82 Å². The van der Waals surface area contributed by atoms with Crippen LogP contribution < -0.4 is 5.32 Å². The number of hydrogen-bond acceptors (Lipinski definition) is 5. The highest BCUT2D eigenvalue weighted by Gasteiger charge is 2.07. The fraction of sp³-hybridized carbons (Fsp3) is 0.182. The summed E-state index contributed by atoms with van der Waals surface area (Å²) in [7, 11) is 0. The Balaban J connectivity index is 2.29. The van der Waals surface area contributed by atoms with Gasteiger partial charge in [0.2, 0.25) is 0 Å². The van der Waals surface area contributed by atoms with Crippen LogP contribution >= 0.6 is 11.3 Å². The number of nitrogens with one attached hydrogen (secondary N) is 1. The predicted molar refractivity (Wildman–Crippen MR) is 66.1 cm³/mol. The normalized spacial score (nSPS) is 10.2. The molecule has 0 saturated carbocycles. The Kier molecular flexibility index (Phi) is 3.06. The van der Waals surface area contributed by atoms with E-state index in [1.54, 1.807) is 13.1 Å². The number of aromatic carboxylic acids is 1. The Morgan fingerprint density at radius 1 is 1.41 bits per heavy atom. The Morgan fingerprint density at radius 3 is 2.76 bits per heavy atom. The minimum atomic E-state index is -0.964. The molecule has 0 fully saturated rings. The molecule has 0 radical (unpaired) electrons. The molecule has 2 N–H and O–H groups in total. The average Bonchev–Trinajstić information content (AvgIpc) is 2.63. The van der Waals surface area contributed by atoms with Crippen molar-refractivity contribution in [1.29, 1.82) is 0 Å². The largest absolute Gasteiger partial charge is 0.478 e. The van der Waals surface area contributed by atoms with Crippen molar-refractivity contribution >= 4 is 28.3 Å². The van der Waals surface area contributed by atoms with E-state index in [2.05, 4.69) is 15.3 Å². The Morgan fingerprint density at radius 2 is 2.18 bits per heavy atom. The standard InChI is InChI=1S/C11H11N3O2S/c1-6-3-8(10(15)16)4-9(13-6)14-11-12-5-7(2)17-11/h3-5H,1-2H3,(H,15,16)(H,12,13,14). The minimum Gasteiger partial charge on any atom is -0.478 e. The second-order valence-corrected chi connectivity index (χ2v) is 4.82. The maximum Gasteiger partial charge on any atom is 0.335 e. The fourth-order valence-electron chi connectivity index (χ4n) is 1.38. The van der Waals surface area contributed by atoms with Crippen molar-refractivity contribution in [2.75, 3.05) is 5.32 Å². The van der Waals surface area contributed by atoms with Crippen molar-refractivity contribution in [3.63, 3.8) is 0 Å². The van der Waals surface area contributed by atoms with Gasteiger partial charge in [-0.05, 0) is 26.0 Å². The average molecular weight is 249 g/mol. The van der Waals surface area contributed by atoms with Crippen molar-refractivity contribution in [2.45, 2.75) is 13.8 Å². The van der Waals surface area contributed by atoms with Gasteiger partial charge in [-0.1, -0.05) is 0 Å². The summed E-state index contributed by atoms with van der Waals surface area (Å²) in [6.45, 7) is 3.71. The first-order chi connectivity index (χ1) is 8.04. The molecule has 5 nitrogen and oxygen atoms in total. The number of aryl methyl sites for hydroxylation is 2. The number of pyridine rings is 1. The van der Waals surface area contributed by atoms with Gasteiger partial charge in [-0.2, -0.15) is 0 Å². The zero-order chi connectivity index (χ0) is 12.4. The summed E-state index contributed by atoms with van der Waals surface area (Å²) < 4.78 is 0. The van der Waals surface area contributed by atoms with Gasteiger partial charge < -0.3 is 10.4 Å². The van der Waals surface area contributed by atoms with Crippen LogP contribution in [0.1, 0.15) is 20.9 Å². The monoisotopic (exact) mass is 249 g/mol. The SMILES string of the molecule is Cc1cc(C(=O)O)cc(Nc2ncc(C)s2)n1. The van der Waals surface area contributed by atoms with E-state index in [1.807, 2.05) is 6.92 Å². The second-order valence-electron chi connectivity index (χ2n) is 3.59. The number of thiazole rings is 1. The summed E-state index contributed by atoms with van der Waals surface area (Å²) in [6.07, 6.45) is 1.75. The third-order valence-electron chi connectivity index (χ3n) is 2.06. The topological polar surface area (TPSA) is 75.1 Å². The first kappa shape index (κ1) is 11.5. The molecule has 2 heterocycles. The molecule has 0 spiro atoms. The number of anilines is 2. The molecule has 0 aliphatic carbocycles. The van der Waals surface area contributed by atoms with E-state index in [0.29, 0.717) is 16.6 Å².